The van der Waals surface area contributed by atoms with Gasteiger partial charge in [-0.05, 0) is 18.6 Å². The van der Waals surface area contributed by atoms with Gasteiger partial charge in [-0.3, -0.25) is 9.48 Å². The molecule has 0 saturated carbocycles. The predicted molar refractivity (Wildman–Crippen MR) is 71.7 cm³/mol. The van der Waals surface area contributed by atoms with E-state index in [0.717, 1.165) is 17.9 Å². The molecule has 0 spiro atoms. The van der Waals surface area contributed by atoms with Gasteiger partial charge in [0.2, 0.25) is 5.91 Å². The first kappa shape index (κ1) is 13.2. The van der Waals surface area contributed by atoms with Gasteiger partial charge >= 0.3 is 0 Å². The molecule has 0 aliphatic rings. The summed E-state index contributed by atoms with van der Waals surface area (Å²) >= 11 is 0. The lowest BCUT2D eigenvalue weighted by Gasteiger charge is -2.13. The van der Waals surface area contributed by atoms with Crippen LogP contribution in [0.3, 0.4) is 0 Å². The minimum atomic E-state index is -0.0762. The van der Waals surface area contributed by atoms with E-state index in [1.807, 2.05) is 12.1 Å². The molecular formula is C13H18N4O2. The van der Waals surface area contributed by atoms with Crippen molar-refractivity contribution in [2.75, 3.05) is 12.4 Å². The molecule has 1 atom stereocenters. The molecule has 0 aromatic carbocycles. The van der Waals surface area contributed by atoms with Crippen LogP contribution in [0.15, 0.2) is 35.2 Å². The molecule has 0 saturated heterocycles. The number of rotatable bonds is 6. The Bertz CT molecular complexity index is 518. The lowest BCUT2D eigenvalue weighted by Crippen LogP contribution is -2.23. The third kappa shape index (κ3) is 3.37. The number of amides is 1. The molecule has 19 heavy (non-hydrogen) atoms. The Labute approximate surface area is 111 Å². The molecule has 102 valence electrons. The number of hydrogen-bond acceptors (Lipinski definition) is 4. The van der Waals surface area contributed by atoms with Gasteiger partial charge in [0.1, 0.15) is 12.3 Å². The third-order valence-corrected chi connectivity index (χ3v) is 2.85. The molecule has 6 nitrogen and oxygen atoms in total. The number of nitrogens with zero attached hydrogens (tertiary/aromatic N) is 2. The molecule has 2 rings (SSSR count). The van der Waals surface area contributed by atoms with Crippen LogP contribution in [0.5, 0.6) is 0 Å². The van der Waals surface area contributed by atoms with Crippen LogP contribution in [-0.4, -0.2) is 22.7 Å². The molecule has 2 heterocycles. The molecule has 0 aliphatic carbocycles. The number of nitrogens with one attached hydrogen (secondary N) is 2. The number of carbonyl (C=O) groups excluding carboxylic acids is 1. The summed E-state index contributed by atoms with van der Waals surface area (Å²) in [6, 6.07) is 3.91. The molecule has 0 fully saturated rings. The van der Waals surface area contributed by atoms with E-state index in [4.69, 9.17) is 4.42 Å². The fourth-order valence-corrected chi connectivity index (χ4v) is 1.82. The predicted octanol–water partition coefficient (Wildman–Crippen LogP) is 1.79. The van der Waals surface area contributed by atoms with Crippen molar-refractivity contribution in [1.82, 2.24) is 15.1 Å². The van der Waals surface area contributed by atoms with Crippen LogP contribution in [0.4, 0.5) is 5.69 Å². The summed E-state index contributed by atoms with van der Waals surface area (Å²) in [5.41, 5.74) is 0.868. The van der Waals surface area contributed by atoms with Crippen molar-refractivity contribution in [3.63, 3.8) is 0 Å². The lowest BCUT2D eigenvalue weighted by atomic mass is 10.1. The molecule has 1 unspecified atom stereocenters. The average Bonchev–Trinajstić information content (AvgIpc) is 3.07. The van der Waals surface area contributed by atoms with E-state index in [1.165, 1.54) is 0 Å². The SMILES string of the molecule is CCC(Nc1cnn(CC(=O)NC)c1)c1ccco1. The van der Waals surface area contributed by atoms with Gasteiger partial charge in [0.05, 0.1) is 24.2 Å². The second kappa shape index (κ2) is 6.08. The zero-order valence-electron chi connectivity index (χ0n) is 11.1. The van der Waals surface area contributed by atoms with Crippen molar-refractivity contribution in [3.8, 4) is 0 Å². The monoisotopic (exact) mass is 262 g/mol. The molecular weight excluding hydrogens is 244 g/mol. The van der Waals surface area contributed by atoms with Gasteiger partial charge in [0.25, 0.3) is 0 Å². The number of hydrogen-bond donors (Lipinski definition) is 2. The molecule has 1 amide bonds. The summed E-state index contributed by atoms with van der Waals surface area (Å²) in [7, 11) is 1.61. The van der Waals surface area contributed by atoms with Gasteiger partial charge in [0.15, 0.2) is 0 Å². The van der Waals surface area contributed by atoms with Crippen molar-refractivity contribution < 1.29 is 9.21 Å². The second-order valence-electron chi connectivity index (χ2n) is 4.22. The maximum absolute atomic E-state index is 11.2. The summed E-state index contributed by atoms with van der Waals surface area (Å²) in [5.74, 6) is 0.814. The fraction of sp³-hybridized carbons (Fsp3) is 0.385. The van der Waals surface area contributed by atoms with Gasteiger partial charge in [-0.1, -0.05) is 6.92 Å². The van der Waals surface area contributed by atoms with Crippen LogP contribution in [0, 0.1) is 0 Å². The van der Waals surface area contributed by atoms with E-state index in [1.54, 1.807) is 30.4 Å². The smallest absolute Gasteiger partial charge is 0.241 e. The van der Waals surface area contributed by atoms with E-state index in [-0.39, 0.29) is 18.5 Å². The Hall–Kier alpha value is -2.24. The molecule has 0 bridgehead atoms. The highest BCUT2D eigenvalue weighted by molar-refractivity contribution is 5.75. The van der Waals surface area contributed by atoms with Crippen molar-refractivity contribution >= 4 is 11.6 Å². The summed E-state index contributed by atoms with van der Waals surface area (Å²) in [6.45, 7) is 2.30. The normalized spacial score (nSPS) is 12.1. The first-order valence-electron chi connectivity index (χ1n) is 6.26. The van der Waals surface area contributed by atoms with Crippen LogP contribution in [0.1, 0.15) is 25.1 Å². The van der Waals surface area contributed by atoms with Crippen LogP contribution in [-0.2, 0) is 11.3 Å². The number of likely N-dealkylation sites (N-methyl/N-ethyl adjacent to an activating group) is 1. The highest BCUT2D eigenvalue weighted by Gasteiger charge is 2.13. The number of aromatic nitrogens is 2. The molecule has 2 aromatic rings. The topological polar surface area (TPSA) is 72.1 Å². The summed E-state index contributed by atoms with van der Waals surface area (Å²) in [6.07, 6.45) is 6.07. The van der Waals surface area contributed by atoms with Gasteiger partial charge in [-0.25, -0.2) is 0 Å². The first-order chi connectivity index (χ1) is 9.22. The van der Waals surface area contributed by atoms with E-state index in [9.17, 15) is 4.79 Å². The van der Waals surface area contributed by atoms with Gasteiger partial charge in [-0.2, -0.15) is 5.10 Å². The number of anilines is 1. The average molecular weight is 262 g/mol. The second-order valence-corrected chi connectivity index (χ2v) is 4.22. The Morgan fingerprint density at radius 2 is 2.42 bits per heavy atom. The number of furan rings is 1. The molecule has 6 heteroatoms. The van der Waals surface area contributed by atoms with E-state index >= 15 is 0 Å². The van der Waals surface area contributed by atoms with Gasteiger partial charge < -0.3 is 15.1 Å². The standard InChI is InChI=1S/C13H18N4O2/c1-3-11(12-5-4-6-19-12)16-10-7-15-17(8-10)9-13(18)14-2/h4-8,11,16H,3,9H2,1-2H3,(H,14,18). The third-order valence-electron chi connectivity index (χ3n) is 2.85. The van der Waals surface area contributed by atoms with Gasteiger partial charge in [0, 0.05) is 13.2 Å². The highest BCUT2D eigenvalue weighted by Crippen LogP contribution is 2.22. The largest absolute Gasteiger partial charge is 0.467 e. The highest BCUT2D eigenvalue weighted by atomic mass is 16.3. The quantitative estimate of drug-likeness (QED) is 0.832. The van der Waals surface area contributed by atoms with Crippen molar-refractivity contribution in [3.05, 3.63) is 36.5 Å². The zero-order chi connectivity index (χ0) is 13.7. The summed E-state index contributed by atoms with van der Waals surface area (Å²) < 4.78 is 6.99. The van der Waals surface area contributed by atoms with Crippen molar-refractivity contribution in [2.24, 2.45) is 0 Å². The Morgan fingerprint density at radius 1 is 1.58 bits per heavy atom. The maximum atomic E-state index is 11.2. The van der Waals surface area contributed by atoms with E-state index in [0.29, 0.717) is 0 Å². The van der Waals surface area contributed by atoms with E-state index in [2.05, 4.69) is 22.7 Å². The summed E-state index contributed by atoms with van der Waals surface area (Å²) in [4.78, 5) is 11.2. The maximum Gasteiger partial charge on any atom is 0.241 e. The number of carbonyl (C=O) groups is 1. The van der Waals surface area contributed by atoms with Crippen LogP contribution < -0.4 is 10.6 Å². The molecule has 2 aromatic heterocycles. The van der Waals surface area contributed by atoms with E-state index < -0.39 is 0 Å². The molecule has 0 radical (unpaired) electrons. The zero-order valence-corrected chi connectivity index (χ0v) is 11.1. The van der Waals surface area contributed by atoms with Crippen molar-refractivity contribution in [2.45, 2.75) is 25.9 Å². The Balaban J connectivity index is 2.00. The summed E-state index contributed by atoms with van der Waals surface area (Å²) in [5, 5.41) is 10.0. The Morgan fingerprint density at radius 3 is 3.05 bits per heavy atom. The van der Waals surface area contributed by atoms with Crippen LogP contribution in [0.25, 0.3) is 0 Å². The van der Waals surface area contributed by atoms with Crippen molar-refractivity contribution in [1.29, 1.82) is 0 Å². The van der Waals surface area contributed by atoms with Gasteiger partial charge in [-0.15, -0.1) is 0 Å². The van der Waals surface area contributed by atoms with Crippen LogP contribution in [0.2, 0.25) is 0 Å². The molecule has 2 N–H and O–H groups in total. The lowest BCUT2D eigenvalue weighted by molar-refractivity contribution is -0.121. The minimum absolute atomic E-state index is 0.0762. The fourth-order valence-electron chi connectivity index (χ4n) is 1.82. The van der Waals surface area contributed by atoms with Crippen LogP contribution >= 0.6 is 0 Å². The minimum Gasteiger partial charge on any atom is -0.467 e. The Kier molecular flexibility index (Phi) is 4.22. The first-order valence-corrected chi connectivity index (χ1v) is 6.26. The molecule has 0 aliphatic heterocycles.